The lowest BCUT2D eigenvalue weighted by Crippen LogP contribution is -2.28. The molecule has 1 aromatic rings. The number of hydrogen-bond donors (Lipinski definition) is 1. The van der Waals surface area contributed by atoms with Crippen LogP contribution in [0.2, 0.25) is 0 Å². The van der Waals surface area contributed by atoms with Gasteiger partial charge in [0.25, 0.3) is 5.56 Å². The zero-order valence-electron chi connectivity index (χ0n) is 7.84. The van der Waals surface area contributed by atoms with Crippen molar-refractivity contribution in [1.82, 2.24) is 9.55 Å². The van der Waals surface area contributed by atoms with E-state index < -0.39 is 0 Å². The highest BCUT2D eigenvalue weighted by Crippen LogP contribution is 1.77. The summed E-state index contributed by atoms with van der Waals surface area (Å²) in [5.74, 6) is 0. The first-order chi connectivity index (χ1) is 5.61. The molecule has 0 bridgehead atoms. The van der Waals surface area contributed by atoms with Crippen molar-refractivity contribution in [3.05, 3.63) is 32.6 Å². The van der Waals surface area contributed by atoms with Crippen molar-refractivity contribution >= 4 is 0 Å². The minimum Gasteiger partial charge on any atom is -0.303 e. The monoisotopic (exact) mass is 170 g/mol. The van der Waals surface area contributed by atoms with Gasteiger partial charge in [-0.25, -0.2) is 4.79 Å². The zero-order valence-corrected chi connectivity index (χ0v) is 7.84. The molecule has 1 aromatic heterocycles. The topological polar surface area (TPSA) is 54.9 Å². The average molecular weight is 170 g/mol. The Balaban J connectivity index is 0.000000561. The minimum atomic E-state index is -0.379. The maximum absolute atomic E-state index is 10.7. The molecule has 1 heterocycles. The second-order valence-corrected chi connectivity index (χ2v) is 2.18. The predicted octanol–water partition coefficient (Wildman–Crippen LogP) is 0.408. The first-order valence-corrected chi connectivity index (χ1v) is 3.88. The van der Waals surface area contributed by atoms with Crippen molar-refractivity contribution < 1.29 is 0 Å². The number of H-pyrrole nitrogens is 1. The first-order valence-electron chi connectivity index (χ1n) is 3.88. The highest BCUT2D eigenvalue weighted by atomic mass is 16.2. The lowest BCUT2D eigenvalue weighted by molar-refractivity contribution is 0.789. The molecule has 1 N–H and O–H groups in total. The number of aromatic nitrogens is 2. The summed E-state index contributed by atoms with van der Waals surface area (Å²) < 4.78 is 1.33. The van der Waals surface area contributed by atoms with Crippen LogP contribution in [0.3, 0.4) is 0 Å². The van der Waals surface area contributed by atoms with E-state index in [-0.39, 0.29) is 11.2 Å². The van der Waals surface area contributed by atoms with Gasteiger partial charge in [-0.2, -0.15) is 0 Å². The molecule has 0 amide bonds. The molecule has 0 radical (unpaired) electrons. The molecule has 0 aliphatic heterocycles. The number of aromatic amines is 1. The van der Waals surface area contributed by atoms with E-state index in [9.17, 15) is 9.59 Å². The van der Waals surface area contributed by atoms with Gasteiger partial charge in [-0.15, -0.1) is 0 Å². The molecular weight excluding hydrogens is 156 g/mol. The molecule has 12 heavy (non-hydrogen) atoms. The highest BCUT2D eigenvalue weighted by Gasteiger charge is 1.93. The third kappa shape index (κ3) is 2.38. The fourth-order valence-corrected chi connectivity index (χ4v) is 0.692. The summed E-state index contributed by atoms with van der Waals surface area (Å²) in [6.07, 6.45) is 1.50. The van der Waals surface area contributed by atoms with Gasteiger partial charge >= 0.3 is 5.69 Å². The van der Waals surface area contributed by atoms with Crippen LogP contribution >= 0.6 is 0 Å². The Labute approximate surface area is 70.9 Å². The van der Waals surface area contributed by atoms with Gasteiger partial charge in [-0.3, -0.25) is 9.78 Å². The number of aryl methyl sites for hydroxylation is 2. The van der Waals surface area contributed by atoms with Crippen molar-refractivity contribution in [2.75, 3.05) is 0 Å². The van der Waals surface area contributed by atoms with Gasteiger partial charge < -0.3 is 4.57 Å². The number of nitrogens with zero attached hydrogens (tertiary/aromatic N) is 1. The molecule has 4 heteroatoms. The standard InChI is InChI=1S/C6H8N2O2.C2H6/c1-4-3-8(2)6(10)7-5(4)9;1-2/h3H,1-2H3,(H,7,9,10);1-2H3. The average Bonchev–Trinajstić information content (AvgIpc) is 2.05. The van der Waals surface area contributed by atoms with Crippen LogP contribution in [0.25, 0.3) is 0 Å². The lowest BCUT2D eigenvalue weighted by Gasteiger charge is -1.94. The summed E-state index contributed by atoms with van der Waals surface area (Å²) in [7, 11) is 1.59. The fourth-order valence-electron chi connectivity index (χ4n) is 0.692. The molecule has 0 unspecified atom stereocenters. The minimum absolute atomic E-state index is 0.317. The van der Waals surface area contributed by atoms with E-state index in [1.807, 2.05) is 13.8 Å². The third-order valence-corrected chi connectivity index (χ3v) is 1.29. The first kappa shape index (κ1) is 10.7. The highest BCUT2D eigenvalue weighted by molar-refractivity contribution is 4.99. The van der Waals surface area contributed by atoms with Crippen molar-refractivity contribution in [3.8, 4) is 0 Å². The lowest BCUT2D eigenvalue weighted by atomic mass is 10.4. The smallest absolute Gasteiger partial charge is 0.303 e. The Morgan fingerprint density at radius 3 is 2.25 bits per heavy atom. The number of nitrogens with one attached hydrogen (secondary N) is 1. The Kier molecular flexibility index (Phi) is 4.04. The van der Waals surface area contributed by atoms with E-state index >= 15 is 0 Å². The van der Waals surface area contributed by atoms with Gasteiger partial charge in [0.15, 0.2) is 0 Å². The molecule has 0 fully saturated rings. The Bertz CT molecular complexity index is 318. The zero-order chi connectivity index (χ0) is 9.72. The van der Waals surface area contributed by atoms with Crippen LogP contribution in [-0.2, 0) is 7.05 Å². The molecule has 0 aliphatic rings. The van der Waals surface area contributed by atoms with E-state index in [2.05, 4.69) is 4.98 Å². The van der Waals surface area contributed by atoms with E-state index in [1.165, 1.54) is 10.8 Å². The van der Waals surface area contributed by atoms with E-state index in [0.29, 0.717) is 5.56 Å². The van der Waals surface area contributed by atoms with Crippen LogP contribution in [0, 0.1) is 6.92 Å². The molecule has 4 nitrogen and oxygen atoms in total. The second-order valence-electron chi connectivity index (χ2n) is 2.18. The van der Waals surface area contributed by atoms with Gasteiger partial charge in [-0.1, -0.05) is 13.8 Å². The molecule has 0 aromatic carbocycles. The van der Waals surface area contributed by atoms with Crippen molar-refractivity contribution in [2.45, 2.75) is 20.8 Å². The molecular formula is C8H14N2O2. The largest absolute Gasteiger partial charge is 0.328 e. The van der Waals surface area contributed by atoms with Gasteiger partial charge in [0.1, 0.15) is 0 Å². The molecule has 0 atom stereocenters. The van der Waals surface area contributed by atoms with Crippen molar-refractivity contribution in [2.24, 2.45) is 7.05 Å². The summed E-state index contributed by atoms with van der Waals surface area (Å²) in [6, 6.07) is 0. The van der Waals surface area contributed by atoms with E-state index in [4.69, 9.17) is 0 Å². The quantitative estimate of drug-likeness (QED) is 0.613. The van der Waals surface area contributed by atoms with Crippen LogP contribution in [-0.4, -0.2) is 9.55 Å². The van der Waals surface area contributed by atoms with Crippen LogP contribution in [0.15, 0.2) is 15.8 Å². The van der Waals surface area contributed by atoms with Gasteiger partial charge in [-0.05, 0) is 6.92 Å². The second kappa shape index (κ2) is 4.54. The Morgan fingerprint density at radius 2 is 1.83 bits per heavy atom. The summed E-state index contributed by atoms with van der Waals surface area (Å²) in [6.45, 7) is 5.65. The summed E-state index contributed by atoms with van der Waals surface area (Å²) >= 11 is 0. The maximum Gasteiger partial charge on any atom is 0.328 e. The van der Waals surface area contributed by atoms with E-state index in [1.54, 1.807) is 14.0 Å². The van der Waals surface area contributed by atoms with Crippen LogP contribution < -0.4 is 11.2 Å². The van der Waals surface area contributed by atoms with Gasteiger partial charge in [0, 0.05) is 18.8 Å². The molecule has 0 saturated carbocycles. The Hall–Kier alpha value is -1.32. The van der Waals surface area contributed by atoms with Crippen LogP contribution in [0.1, 0.15) is 19.4 Å². The number of hydrogen-bond acceptors (Lipinski definition) is 2. The normalized spacial score (nSPS) is 8.67. The molecule has 0 spiro atoms. The van der Waals surface area contributed by atoms with E-state index in [0.717, 1.165) is 0 Å². The predicted molar refractivity (Wildman–Crippen MR) is 48.4 cm³/mol. The van der Waals surface area contributed by atoms with Crippen LogP contribution in [0.5, 0.6) is 0 Å². The summed E-state index contributed by atoms with van der Waals surface area (Å²) in [4.78, 5) is 23.6. The molecule has 68 valence electrons. The molecule has 0 saturated heterocycles. The van der Waals surface area contributed by atoms with Gasteiger partial charge in [0.2, 0.25) is 0 Å². The van der Waals surface area contributed by atoms with Gasteiger partial charge in [0.05, 0.1) is 0 Å². The maximum atomic E-state index is 10.7. The molecule has 1 rings (SSSR count). The Morgan fingerprint density at radius 1 is 1.33 bits per heavy atom. The summed E-state index contributed by atoms with van der Waals surface area (Å²) in [5.41, 5.74) is -0.152. The number of rotatable bonds is 0. The van der Waals surface area contributed by atoms with Crippen molar-refractivity contribution in [1.29, 1.82) is 0 Å². The SMILES string of the molecule is CC.Cc1cn(C)c(=O)[nH]c1=O. The van der Waals surface area contributed by atoms with Crippen molar-refractivity contribution in [3.63, 3.8) is 0 Å². The third-order valence-electron chi connectivity index (χ3n) is 1.29. The summed E-state index contributed by atoms with van der Waals surface area (Å²) in [5, 5.41) is 0. The fraction of sp³-hybridized carbons (Fsp3) is 0.500. The molecule has 0 aliphatic carbocycles. The van der Waals surface area contributed by atoms with Crippen LogP contribution in [0.4, 0.5) is 0 Å².